The molecule has 1 amide bonds. The van der Waals surface area contributed by atoms with Gasteiger partial charge in [0, 0.05) is 31.3 Å². The first-order chi connectivity index (χ1) is 13.0. The first-order valence-electron chi connectivity index (χ1n) is 10.1. The third-order valence-electron chi connectivity index (χ3n) is 5.67. The van der Waals surface area contributed by atoms with E-state index in [1.165, 1.54) is 43.1 Å². The minimum absolute atomic E-state index is 0.221. The maximum Gasteiger partial charge on any atom is 0.326 e. The highest BCUT2D eigenvalue weighted by molar-refractivity contribution is 5.81. The number of aliphatic carboxylic acids is 1. The highest BCUT2D eigenvalue weighted by atomic mass is 16.5. The van der Waals surface area contributed by atoms with Gasteiger partial charge in [-0.2, -0.15) is 0 Å². The lowest BCUT2D eigenvalue weighted by Gasteiger charge is -2.35. The van der Waals surface area contributed by atoms with E-state index in [0.717, 1.165) is 32.1 Å². The van der Waals surface area contributed by atoms with Crippen LogP contribution < -0.4 is 5.32 Å². The Labute approximate surface area is 160 Å². The van der Waals surface area contributed by atoms with Gasteiger partial charge < -0.3 is 15.2 Å². The Balaban J connectivity index is 1.32. The Morgan fingerprint density at radius 1 is 1.30 bits per heavy atom. The van der Waals surface area contributed by atoms with Crippen LogP contribution >= 0.6 is 0 Å². The average Bonchev–Trinajstić information content (AvgIpc) is 2.61. The van der Waals surface area contributed by atoms with Crippen LogP contribution in [0.1, 0.15) is 62.4 Å². The van der Waals surface area contributed by atoms with Crippen LogP contribution in [0.25, 0.3) is 0 Å². The number of aromatic nitrogens is 1. The number of carboxylic acids is 1. The number of amides is 1. The third-order valence-corrected chi connectivity index (χ3v) is 5.67. The summed E-state index contributed by atoms with van der Waals surface area (Å²) < 4.78 is 5.77. The van der Waals surface area contributed by atoms with Gasteiger partial charge in [-0.05, 0) is 68.9 Å². The molecule has 27 heavy (non-hydrogen) atoms. The van der Waals surface area contributed by atoms with Crippen LogP contribution in [-0.4, -0.2) is 40.7 Å². The fourth-order valence-electron chi connectivity index (χ4n) is 4.02. The van der Waals surface area contributed by atoms with Gasteiger partial charge in [0.05, 0.1) is 6.10 Å². The van der Waals surface area contributed by atoms with Gasteiger partial charge >= 0.3 is 5.97 Å². The van der Waals surface area contributed by atoms with Crippen LogP contribution in [0.5, 0.6) is 0 Å². The van der Waals surface area contributed by atoms with Crippen LogP contribution in [0.2, 0.25) is 0 Å². The molecule has 1 saturated carbocycles. The zero-order chi connectivity index (χ0) is 19.2. The Morgan fingerprint density at radius 2 is 2.07 bits per heavy atom. The van der Waals surface area contributed by atoms with E-state index in [4.69, 9.17) is 14.8 Å². The maximum absolute atomic E-state index is 11.1. The van der Waals surface area contributed by atoms with Crippen LogP contribution in [0.3, 0.4) is 0 Å². The number of fused-ring (bicyclic) bond motifs is 1. The van der Waals surface area contributed by atoms with Crippen LogP contribution in [0.15, 0.2) is 12.1 Å². The highest BCUT2D eigenvalue weighted by Gasteiger charge is 2.30. The molecule has 1 unspecified atom stereocenters. The molecular weight excluding hydrogens is 344 g/mol. The molecule has 2 aliphatic carbocycles. The molecule has 0 spiro atoms. The zero-order valence-electron chi connectivity index (χ0n) is 16.1. The van der Waals surface area contributed by atoms with Gasteiger partial charge in [-0.1, -0.05) is 6.07 Å². The molecule has 2 aliphatic rings. The molecule has 3 rings (SSSR count). The number of aryl methyl sites for hydroxylation is 3. The van der Waals surface area contributed by atoms with Crippen molar-refractivity contribution >= 4 is 11.9 Å². The van der Waals surface area contributed by atoms with E-state index < -0.39 is 12.0 Å². The molecule has 0 saturated heterocycles. The Morgan fingerprint density at radius 3 is 2.81 bits per heavy atom. The van der Waals surface area contributed by atoms with Gasteiger partial charge in [0.15, 0.2) is 0 Å². The quantitative estimate of drug-likeness (QED) is 0.694. The molecule has 6 nitrogen and oxygen atoms in total. The fraction of sp³-hybridized carbons (Fsp3) is 0.667. The molecule has 1 atom stereocenters. The molecule has 1 aromatic rings. The predicted octanol–water partition coefficient (Wildman–Crippen LogP) is 2.67. The fourth-order valence-corrected chi connectivity index (χ4v) is 4.02. The molecule has 2 N–H and O–H groups in total. The van der Waals surface area contributed by atoms with Gasteiger partial charge in [0.2, 0.25) is 5.91 Å². The van der Waals surface area contributed by atoms with Gasteiger partial charge in [0.25, 0.3) is 0 Å². The summed E-state index contributed by atoms with van der Waals surface area (Å²) in [6.07, 6.45) is 9.58. The van der Waals surface area contributed by atoms with Crippen molar-refractivity contribution in [1.29, 1.82) is 0 Å². The summed E-state index contributed by atoms with van der Waals surface area (Å²) in [5, 5.41) is 11.5. The summed E-state index contributed by atoms with van der Waals surface area (Å²) in [4.78, 5) is 26.9. The Kier molecular flexibility index (Phi) is 6.83. The number of carbonyl (C=O) groups is 2. The number of nitrogens with zero attached hydrogens (tertiary/aromatic N) is 1. The van der Waals surface area contributed by atoms with E-state index in [9.17, 15) is 9.59 Å². The second-order valence-corrected chi connectivity index (χ2v) is 7.86. The second kappa shape index (κ2) is 9.31. The molecule has 1 aromatic heterocycles. The van der Waals surface area contributed by atoms with Crippen LogP contribution in [0.4, 0.5) is 0 Å². The first-order valence-corrected chi connectivity index (χ1v) is 10.1. The number of nitrogens with one attached hydrogen (secondary N) is 1. The Hall–Kier alpha value is -1.95. The van der Waals surface area contributed by atoms with E-state index in [0.29, 0.717) is 18.9 Å². The van der Waals surface area contributed by atoms with Crippen molar-refractivity contribution in [2.75, 3.05) is 6.61 Å². The van der Waals surface area contributed by atoms with Gasteiger partial charge in [0.1, 0.15) is 6.04 Å². The SMILES string of the molecule is CC(=O)NC(CCOC1CC(CCc2ccc3c(n2)CCCC3)C1)C(=O)O. The second-order valence-electron chi connectivity index (χ2n) is 7.86. The van der Waals surface area contributed by atoms with Crippen molar-refractivity contribution in [3.8, 4) is 0 Å². The maximum atomic E-state index is 11.1. The average molecular weight is 374 g/mol. The zero-order valence-corrected chi connectivity index (χ0v) is 16.1. The standard InChI is InChI=1S/C21H30N2O4/c1-14(24)22-20(21(25)26)10-11-27-18-12-15(13-18)6-8-17-9-7-16-4-2-3-5-19(16)23-17/h7,9,15,18,20H,2-6,8,10-13H2,1H3,(H,22,24)(H,25,26). The molecule has 148 valence electrons. The summed E-state index contributed by atoms with van der Waals surface area (Å²) in [7, 11) is 0. The van der Waals surface area contributed by atoms with E-state index in [2.05, 4.69) is 17.4 Å². The summed E-state index contributed by atoms with van der Waals surface area (Å²) in [5.41, 5.74) is 3.95. The number of carboxylic acid groups (broad SMARTS) is 1. The predicted molar refractivity (Wildman–Crippen MR) is 102 cm³/mol. The number of hydrogen-bond acceptors (Lipinski definition) is 4. The largest absolute Gasteiger partial charge is 0.480 e. The molecule has 0 aromatic carbocycles. The monoisotopic (exact) mass is 374 g/mol. The summed E-state index contributed by atoms with van der Waals surface area (Å²) in [6.45, 7) is 1.69. The normalized spacial score (nSPS) is 22.4. The lowest BCUT2D eigenvalue weighted by molar-refractivity contribution is -0.142. The van der Waals surface area contributed by atoms with Crippen molar-refractivity contribution in [3.05, 3.63) is 29.1 Å². The molecule has 1 heterocycles. The van der Waals surface area contributed by atoms with E-state index in [1.807, 2.05) is 0 Å². The van der Waals surface area contributed by atoms with E-state index in [1.54, 1.807) is 0 Å². The van der Waals surface area contributed by atoms with Crippen molar-refractivity contribution in [2.45, 2.75) is 76.9 Å². The number of pyridine rings is 1. The minimum atomic E-state index is -1.02. The number of ether oxygens (including phenoxy) is 1. The van der Waals surface area contributed by atoms with Gasteiger partial charge in [-0.25, -0.2) is 4.79 Å². The topological polar surface area (TPSA) is 88.5 Å². The lowest BCUT2D eigenvalue weighted by Crippen LogP contribution is -2.41. The number of hydrogen-bond donors (Lipinski definition) is 2. The third kappa shape index (κ3) is 5.76. The summed E-state index contributed by atoms with van der Waals surface area (Å²) in [6, 6.07) is 3.58. The lowest BCUT2D eigenvalue weighted by atomic mass is 9.79. The van der Waals surface area contributed by atoms with Crippen molar-refractivity contribution in [2.24, 2.45) is 5.92 Å². The summed E-state index contributed by atoms with van der Waals surface area (Å²) in [5.74, 6) is -0.682. The smallest absolute Gasteiger partial charge is 0.326 e. The van der Waals surface area contributed by atoms with Crippen molar-refractivity contribution < 1.29 is 19.4 Å². The molecule has 0 aliphatic heterocycles. The molecule has 6 heteroatoms. The van der Waals surface area contributed by atoms with Gasteiger partial charge in [-0.15, -0.1) is 0 Å². The summed E-state index contributed by atoms with van der Waals surface area (Å²) >= 11 is 0. The molecule has 0 bridgehead atoms. The van der Waals surface area contributed by atoms with Crippen molar-refractivity contribution in [1.82, 2.24) is 10.3 Å². The first kappa shape index (κ1) is 19.8. The van der Waals surface area contributed by atoms with Crippen LogP contribution in [-0.2, 0) is 33.6 Å². The molecule has 1 fully saturated rings. The minimum Gasteiger partial charge on any atom is -0.480 e. The van der Waals surface area contributed by atoms with Crippen LogP contribution in [0, 0.1) is 5.92 Å². The molecule has 0 radical (unpaired) electrons. The highest BCUT2D eigenvalue weighted by Crippen LogP contribution is 2.34. The number of carbonyl (C=O) groups excluding carboxylic acids is 1. The number of rotatable bonds is 9. The Bertz CT molecular complexity index is 670. The van der Waals surface area contributed by atoms with Crippen molar-refractivity contribution in [3.63, 3.8) is 0 Å². The van der Waals surface area contributed by atoms with Gasteiger partial charge in [-0.3, -0.25) is 9.78 Å². The molecular formula is C21H30N2O4. The van der Waals surface area contributed by atoms with E-state index >= 15 is 0 Å². The van der Waals surface area contributed by atoms with E-state index in [-0.39, 0.29) is 12.0 Å².